The van der Waals surface area contributed by atoms with Crippen molar-refractivity contribution in [2.24, 2.45) is 0 Å². The third-order valence-electron chi connectivity index (χ3n) is 5.16. The average molecular weight is 445 g/mol. The maximum Gasteiger partial charge on any atom is 0.265 e. The van der Waals surface area contributed by atoms with Gasteiger partial charge in [0.1, 0.15) is 18.0 Å². The van der Waals surface area contributed by atoms with Crippen LogP contribution in [0, 0.1) is 6.92 Å². The zero-order valence-corrected chi connectivity index (χ0v) is 18.1. The lowest BCUT2D eigenvalue weighted by Gasteiger charge is -2.29. The van der Waals surface area contributed by atoms with Crippen molar-refractivity contribution >= 4 is 23.3 Å². The molecule has 168 valence electrons. The van der Waals surface area contributed by atoms with E-state index in [2.05, 4.69) is 10.3 Å². The van der Waals surface area contributed by atoms with Gasteiger partial charge in [-0.05, 0) is 55.0 Å². The first kappa shape index (κ1) is 22.0. The molecule has 0 atom stereocenters. The molecule has 1 aromatic heterocycles. The highest BCUT2D eigenvalue weighted by Crippen LogP contribution is 2.33. The number of hydrogen-bond donors (Lipinski definition) is 1. The molecule has 0 radical (unpaired) electrons. The minimum atomic E-state index is -0.359. The van der Waals surface area contributed by atoms with Crippen LogP contribution < -0.4 is 19.7 Å². The Hall–Kier alpha value is -4.20. The van der Waals surface area contributed by atoms with Gasteiger partial charge in [-0.1, -0.05) is 17.7 Å². The highest BCUT2D eigenvalue weighted by molar-refractivity contribution is 6.04. The molecule has 33 heavy (non-hydrogen) atoms. The van der Waals surface area contributed by atoms with Crippen LogP contribution in [-0.2, 0) is 16.1 Å². The number of carbonyl (C=O) groups excluding carboxylic acids is 3. The van der Waals surface area contributed by atoms with Crippen LogP contribution in [-0.4, -0.2) is 42.3 Å². The number of ether oxygens (including phenoxy) is 2. The molecule has 0 spiro atoms. The van der Waals surface area contributed by atoms with Crippen LogP contribution in [0.1, 0.15) is 21.5 Å². The number of carbonyl (C=O) groups is 3. The predicted octanol–water partition coefficient (Wildman–Crippen LogP) is 2.69. The molecule has 0 aliphatic carbocycles. The van der Waals surface area contributed by atoms with Gasteiger partial charge in [-0.2, -0.15) is 0 Å². The fourth-order valence-electron chi connectivity index (χ4n) is 3.32. The molecule has 3 aromatic rings. The van der Waals surface area contributed by atoms with Crippen molar-refractivity contribution in [3.8, 4) is 11.5 Å². The molecule has 0 unspecified atom stereocenters. The summed E-state index contributed by atoms with van der Waals surface area (Å²) in [6.07, 6.45) is 3.29. The molecule has 2 heterocycles. The highest BCUT2D eigenvalue weighted by atomic mass is 16.5. The summed E-state index contributed by atoms with van der Waals surface area (Å²) in [4.78, 5) is 42.9. The van der Waals surface area contributed by atoms with Gasteiger partial charge in [0.05, 0.1) is 5.69 Å². The number of amides is 2. The van der Waals surface area contributed by atoms with Crippen molar-refractivity contribution < 1.29 is 23.9 Å². The second-order valence-electron chi connectivity index (χ2n) is 7.61. The molecule has 1 aliphatic rings. The largest absolute Gasteiger partial charge is 0.485 e. The first-order valence-electron chi connectivity index (χ1n) is 10.4. The molecule has 0 fully saturated rings. The lowest BCUT2D eigenvalue weighted by atomic mass is 10.1. The number of nitrogens with zero attached hydrogens (tertiary/aromatic N) is 2. The number of rotatable bonds is 8. The van der Waals surface area contributed by atoms with Crippen LogP contribution in [0.4, 0.5) is 5.69 Å². The minimum absolute atomic E-state index is 0.150. The summed E-state index contributed by atoms with van der Waals surface area (Å²) in [5, 5.41) is 2.79. The van der Waals surface area contributed by atoms with Gasteiger partial charge in [0.2, 0.25) is 5.91 Å². The molecule has 0 saturated heterocycles. The molecular weight excluding hydrogens is 422 g/mol. The van der Waals surface area contributed by atoms with E-state index in [4.69, 9.17) is 9.47 Å². The minimum Gasteiger partial charge on any atom is -0.485 e. The summed E-state index contributed by atoms with van der Waals surface area (Å²) in [5.74, 6) is 0.0958. The summed E-state index contributed by atoms with van der Waals surface area (Å²) in [7, 11) is 0. The molecule has 8 heteroatoms. The smallest absolute Gasteiger partial charge is 0.265 e. The summed E-state index contributed by atoms with van der Waals surface area (Å²) < 4.78 is 11.1. The van der Waals surface area contributed by atoms with Crippen LogP contribution in [0.5, 0.6) is 11.5 Å². The van der Waals surface area contributed by atoms with Crippen molar-refractivity contribution in [1.29, 1.82) is 0 Å². The number of hydrogen-bond acceptors (Lipinski definition) is 6. The first-order chi connectivity index (χ1) is 16.0. The van der Waals surface area contributed by atoms with Gasteiger partial charge in [-0.3, -0.25) is 24.3 Å². The van der Waals surface area contributed by atoms with E-state index in [0.717, 1.165) is 11.1 Å². The van der Waals surface area contributed by atoms with E-state index in [1.807, 2.05) is 19.1 Å². The van der Waals surface area contributed by atoms with Crippen LogP contribution in [0.25, 0.3) is 0 Å². The summed E-state index contributed by atoms with van der Waals surface area (Å²) in [6, 6.07) is 15.8. The lowest BCUT2D eigenvalue weighted by Crippen LogP contribution is -2.45. The van der Waals surface area contributed by atoms with E-state index in [1.165, 1.54) is 4.90 Å². The van der Waals surface area contributed by atoms with E-state index in [-0.39, 0.29) is 37.4 Å². The van der Waals surface area contributed by atoms with Crippen molar-refractivity contribution in [3.05, 3.63) is 83.7 Å². The number of benzene rings is 2. The predicted molar refractivity (Wildman–Crippen MR) is 121 cm³/mol. The quantitative estimate of drug-likeness (QED) is 0.536. The number of pyridine rings is 1. The van der Waals surface area contributed by atoms with Crippen LogP contribution >= 0.6 is 0 Å². The molecule has 1 N–H and O–H groups in total. The monoisotopic (exact) mass is 445 g/mol. The second kappa shape index (κ2) is 9.95. The summed E-state index contributed by atoms with van der Waals surface area (Å²) >= 11 is 0. The van der Waals surface area contributed by atoms with Gasteiger partial charge >= 0.3 is 0 Å². The molecule has 2 amide bonds. The van der Waals surface area contributed by atoms with Crippen molar-refractivity contribution in [3.63, 3.8) is 0 Å². The van der Waals surface area contributed by atoms with Crippen LogP contribution in [0.15, 0.2) is 67.0 Å². The van der Waals surface area contributed by atoms with Crippen LogP contribution in [0.3, 0.4) is 0 Å². The first-order valence-corrected chi connectivity index (χ1v) is 10.4. The molecule has 8 nitrogen and oxygen atoms in total. The van der Waals surface area contributed by atoms with Crippen molar-refractivity contribution in [1.82, 2.24) is 10.3 Å². The maximum absolute atomic E-state index is 12.7. The molecule has 1 aliphatic heterocycles. The van der Waals surface area contributed by atoms with E-state index in [0.29, 0.717) is 29.3 Å². The summed E-state index contributed by atoms with van der Waals surface area (Å²) in [5.41, 5.74) is 2.74. The number of anilines is 1. The second-order valence-corrected chi connectivity index (χ2v) is 7.61. The van der Waals surface area contributed by atoms with Crippen LogP contribution in [0.2, 0.25) is 0 Å². The van der Waals surface area contributed by atoms with Gasteiger partial charge < -0.3 is 14.8 Å². The fraction of sp³-hybridized carbons (Fsp3) is 0.200. The van der Waals surface area contributed by atoms with E-state index >= 15 is 0 Å². The Kier molecular flexibility index (Phi) is 6.64. The standard InChI is InChI=1S/C25H23N3O5/c1-17-2-5-20(6-3-17)32-15-22(29)19-4-7-23-21(12-19)28(25(31)16-33-23)14-24(30)27-13-18-8-10-26-11-9-18/h2-12H,13-16H2,1H3,(H,27,30). The van der Waals surface area contributed by atoms with E-state index < -0.39 is 0 Å². The Labute approximate surface area is 191 Å². The topological polar surface area (TPSA) is 97.8 Å². The Balaban J connectivity index is 1.43. The molecule has 4 rings (SSSR count). The molecule has 0 bridgehead atoms. The third-order valence-corrected chi connectivity index (χ3v) is 5.16. The molecular formula is C25H23N3O5. The van der Waals surface area contributed by atoms with E-state index in [1.54, 1.807) is 54.9 Å². The summed E-state index contributed by atoms with van der Waals surface area (Å²) in [6.45, 7) is 1.79. The number of ketones is 1. The number of Topliss-reactive ketones (excluding diaryl/α,β-unsaturated/α-hetero) is 1. The van der Waals surface area contributed by atoms with Crippen molar-refractivity contribution in [2.45, 2.75) is 13.5 Å². The average Bonchev–Trinajstić information content (AvgIpc) is 2.84. The highest BCUT2D eigenvalue weighted by Gasteiger charge is 2.28. The zero-order chi connectivity index (χ0) is 23.2. The SMILES string of the molecule is Cc1ccc(OCC(=O)c2ccc3c(c2)N(CC(=O)NCc2ccncc2)C(=O)CO3)cc1. The van der Waals surface area contributed by atoms with Gasteiger partial charge in [-0.15, -0.1) is 0 Å². The maximum atomic E-state index is 12.7. The van der Waals surface area contributed by atoms with Gasteiger partial charge in [-0.25, -0.2) is 0 Å². The normalized spacial score (nSPS) is 12.5. The fourth-order valence-corrected chi connectivity index (χ4v) is 3.32. The third kappa shape index (κ3) is 5.54. The van der Waals surface area contributed by atoms with Gasteiger partial charge in [0.15, 0.2) is 19.0 Å². The Morgan fingerprint density at radius 3 is 2.61 bits per heavy atom. The van der Waals surface area contributed by atoms with Gasteiger partial charge in [0.25, 0.3) is 5.91 Å². The lowest BCUT2D eigenvalue weighted by molar-refractivity contribution is -0.125. The number of aryl methyl sites for hydroxylation is 1. The van der Waals surface area contributed by atoms with E-state index in [9.17, 15) is 14.4 Å². The Morgan fingerprint density at radius 2 is 1.85 bits per heavy atom. The molecule has 0 saturated carbocycles. The Bertz CT molecular complexity index is 1160. The number of nitrogens with one attached hydrogen (secondary N) is 1. The zero-order valence-electron chi connectivity index (χ0n) is 18.1. The van der Waals surface area contributed by atoms with Gasteiger partial charge in [0, 0.05) is 24.5 Å². The number of fused-ring (bicyclic) bond motifs is 1. The Morgan fingerprint density at radius 1 is 1.09 bits per heavy atom. The van der Waals surface area contributed by atoms with Crippen molar-refractivity contribution in [2.75, 3.05) is 24.7 Å². The number of aromatic nitrogens is 1. The molecule has 2 aromatic carbocycles.